The molecule has 0 unspecified atom stereocenters. The zero-order chi connectivity index (χ0) is 18.5. The summed E-state index contributed by atoms with van der Waals surface area (Å²) in [6, 6.07) is 11.5. The third-order valence-corrected chi connectivity index (χ3v) is 3.86. The first-order valence-corrected chi connectivity index (χ1v) is 8.08. The maximum Gasteiger partial charge on any atom is 0.227 e. The fourth-order valence-corrected chi connectivity index (χ4v) is 2.38. The van der Waals surface area contributed by atoms with Crippen LogP contribution in [0.15, 0.2) is 47.0 Å². The molecule has 0 aliphatic carbocycles. The van der Waals surface area contributed by atoms with Crippen LogP contribution in [0.4, 0.5) is 10.1 Å². The second kappa shape index (κ2) is 7.77. The van der Waals surface area contributed by atoms with E-state index in [2.05, 4.69) is 15.5 Å². The van der Waals surface area contributed by atoms with E-state index in [1.54, 1.807) is 32.2 Å². The van der Waals surface area contributed by atoms with Crippen LogP contribution in [-0.4, -0.2) is 23.2 Å². The molecular weight excluding hydrogens is 337 g/mol. The van der Waals surface area contributed by atoms with E-state index < -0.39 is 5.82 Å². The van der Waals surface area contributed by atoms with Gasteiger partial charge in [-0.25, -0.2) is 4.39 Å². The van der Waals surface area contributed by atoms with E-state index in [4.69, 9.17) is 9.26 Å². The number of anilines is 1. The second-order valence-electron chi connectivity index (χ2n) is 5.75. The summed E-state index contributed by atoms with van der Waals surface area (Å²) in [6.45, 7) is 1.80. The summed E-state index contributed by atoms with van der Waals surface area (Å²) in [7, 11) is 1.60. The Morgan fingerprint density at radius 3 is 2.73 bits per heavy atom. The lowest BCUT2D eigenvalue weighted by atomic mass is 10.2. The summed E-state index contributed by atoms with van der Waals surface area (Å²) in [5.74, 6) is 0.905. The van der Waals surface area contributed by atoms with Crippen molar-refractivity contribution in [3.05, 3.63) is 59.7 Å². The van der Waals surface area contributed by atoms with E-state index in [9.17, 15) is 9.18 Å². The van der Waals surface area contributed by atoms with Crippen LogP contribution < -0.4 is 10.1 Å². The highest BCUT2D eigenvalue weighted by molar-refractivity contribution is 5.91. The number of aryl methyl sites for hydroxylation is 2. The van der Waals surface area contributed by atoms with Crippen LogP contribution in [0.1, 0.15) is 17.9 Å². The molecule has 0 saturated heterocycles. The molecule has 3 aromatic rings. The van der Waals surface area contributed by atoms with E-state index in [0.717, 1.165) is 16.9 Å². The number of benzene rings is 2. The number of ether oxygens (including phenoxy) is 1. The molecule has 1 amide bonds. The summed E-state index contributed by atoms with van der Waals surface area (Å²) in [6.07, 6.45) is 0.448. The maximum absolute atomic E-state index is 13.3. The molecule has 0 aliphatic rings. The minimum absolute atomic E-state index is 0.153. The molecule has 0 atom stereocenters. The molecule has 1 N–H and O–H groups in total. The quantitative estimate of drug-likeness (QED) is 0.728. The van der Waals surface area contributed by atoms with Crippen molar-refractivity contribution < 1.29 is 18.4 Å². The number of amides is 1. The predicted octanol–water partition coefficient (Wildman–Crippen LogP) is 3.76. The topological polar surface area (TPSA) is 77.2 Å². The van der Waals surface area contributed by atoms with Crippen LogP contribution in [0.3, 0.4) is 0 Å². The molecule has 0 aliphatic heterocycles. The Balaban J connectivity index is 1.58. The highest BCUT2D eigenvalue weighted by Gasteiger charge is 2.12. The molecule has 6 nitrogen and oxygen atoms in total. The number of aromatic nitrogens is 2. The van der Waals surface area contributed by atoms with Gasteiger partial charge in [-0.15, -0.1) is 0 Å². The monoisotopic (exact) mass is 355 g/mol. The molecule has 26 heavy (non-hydrogen) atoms. The average Bonchev–Trinajstić information content (AvgIpc) is 3.12. The number of hydrogen-bond donors (Lipinski definition) is 1. The predicted molar refractivity (Wildman–Crippen MR) is 94.4 cm³/mol. The van der Waals surface area contributed by atoms with Gasteiger partial charge >= 0.3 is 0 Å². The third-order valence-electron chi connectivity index (χ3n) is 3.86. The standard InChI is InChI=1S/C19H18FN3O3/c1-12-3-6-14(20)11-16(12)21-17(24)9-10-18-22-19(23-26-18)13-4-7-15(25-2)8-5-13/h3-8,11H,9-10H2,1-2H3,(H,21,24). The van der Waals surface area contributed by atoms with E-state index in [-0.39, 0.29) is 12.3 Å². The second-order valence-corrected chi connectivity index (χ2v) is 5.75. The van der Waals surface area contributed by atoms with E-state index in [0.29, 0.717) is 23.8 Å². The molecule has 0 fully saturated rings. The average molecular weight is 355 g/mol. The van der Waals surface area contributed by atoms with Crippen LogP contribution in [0.2, 0.25) is 0 Å². The lowest BCUT2D eigenvalue weighted by molar-refractivity contribution is -0.116. The Bertz CT molecular complexity index is 907. The lowest BCUT2D eigenvalue weighted by Crippen LogP contribution is -2.13. The molecule has 3 rings (SSSR count). The molecular formula is C19H18FN3O3. The Morgan fingerprint density at radius 1 is 1.23 bits per heavy atom. The van der Waals surface area contributed by atoms with Crippen molar-refractivity contribution >= 4 is 11.6 Å². The van der Waals surface area contributed by atoms with Crippen LogP contribution in [0, 0.1) is 12.7 Å². The molecule has 2 aromatic carbocycles. The first-order valence-electron chi connectivity index (χ1n) is 8.08. The summed E-state index contributed by atoms with van der Waals surface area (Å²) in [5, 5.41) is 6.61. The summed E-state index contributed by atoms with van der Waals surface area (Å²) in [4.78, 5) is 16.3. The first-order chi connectivity index (χ1) is 12.5. The largest absolute Gasteiger partial charge is 0.497 e. The SMILES string of the molecule is COc1ccc(-c2noc(CCC(=O)Nc3cc(F)ccc3C)n2)cc1. The van der Waals surface area contributed by atoms with Gasteiger partial charge in [0.05, 0.1) is 7.11 Å². The van der Waals surface area contributed by atoms with Crippen LogP contribution >= 0.6 is 0 Å². The van der Waals surface area contributed by atoms with Gasteiger partial charge < -0.3 is 14.6 Å². The van der Waals surface area contributed by atoms with Gasteiger partial charge in [0, 0.05) is 24.1 Å². The fraction of sp³-hybridized carbons (Fsp3) is 0.211. The molecule has 1 aromatic heterocycles. The Kier molecular flexibility index (Phi) is 5.26. The zero-order valence-corrected chi connectivity index (χ0v) is 14.5. The molecule has 0 saturated carbocycles. The molecule has 0 bridgehead atoms. The number of carbonyl (C=O) groups excluding carboxylic acids is 1. The van der Waals surface area contributed by atoms with Crippen molar-refractivity contribution in [2.24, 2.45) is 0 Å². The van der Waals surface area contributed by atoms with E-state index >= 15 is 0 Å². The molecule has 0 spiro atoms. The molecule has 134 valence electrons. The first kappa shape index (κ1) is 17.6. The fourth-order valence-electron chi connectivity index (χ4n) is 2.38. The Hall–Kier alpha value is -3.22. The number of nitrogens with one attached hydrogen (secondary N) is 1. The van der Waals surface area contributed by atoms with E-state index in [1.807, 2.05) is 12.1 Å². The van der Waals surface area contributed by atoms with Crippen molar-refractivity contribution in [1.29, 1.82) is 0 Å². The highest BCUT2D eigenvalue weighted by Crippen LogP contribution is 2.20. The Morgan fingerprint density at radius 2 is 2.00 bits per heavy atom. The lowest BCUT2D eigenvalue weighted by Gasteiger charge is -2.07. The van der Waals surface area contributed by atoms with Crippen molar-refractivity contribution in [3.8, 4) is 17.1 Å². The van der Waals surface area contributed by atoms with Gasteiger partial charge in [-0.2, -0.15) is 4.98 Å². The maximum atomic E-state index is 13.3. The van der Waals surface area contributed by atoms with Crippen LogP contribution in [-0.2, 0) is 11.2 Å². The van der Waals surface area contributed by atoms with Gasteiger partial charge in [-0.3, -0.25) is 4.79 Å². The van der Waals surface area contributed by atoms with Gasteiger partial charge in [0.1, 0.15) is 11.6 Å². The highest BCUT2D eigenvalue weighted by atomic mass is 19.1. The van der Waals surface area contributed by atoms with Gasteiger partial charge in [-0.05, 0) is 48.9 Å². The minimum atomic E-state index is -0.396. The van der Waals surface area contributed by atoms with Crippen LogP contribution in [0.5, 0.6) is 5.75 Å². The van der Waals surface area contributed by atoms with Gasteiger partial charge in [0.2, 0.25) is 17.6 Å². The van der Waals surface area contributed by atoms with Crippen molar-refractivity contribution in [1.82, 2.24) is 10.1 Å². The number of methoxy groups -OCH3 is 1. The number of rotatable bonds is 6. The van der Waals surface area contributed by atoms with Crippen molar-refractivity contribution in [3.63, 3.8) is 0 Å². The van der Waals surface area contributed by atoms with Gasteiger partial charge in [0.15, 0.2) is 0 Å². The smallest absolute Gasteiger partial charge is 0.227 e. The Labute approximate surface area is 150 Å². The normalized spacial score (nSPS) is 10.6. The minimum Gasteiger partial charge on any atom is -0.497 e. The van der Waals surface area contributed by atoms with Crippen molar-refractivity contribution in [2.75, 3.05) is 12.4 Å². The summed E-state index contributed by atoms with van der Waals surface area (Å²) < 4.78 is 23.6. The third kappa shape index (κ3) is 4.24. The zero-order valence-electron chi connectivity index (χ0n) is 14.5. The van der Waals surface area contributed by atoms with Crippen LogP contribution in [0.25, 0.3) is 11.4 Å². The number of hydrogen-bond acceptors (Lipinski definition) is 5. The number of carbonyl (C=O) groups is 1. The van der Waals surface area contributed by atoms with Gasteiger partial charge in [-0.1, -0.05) is 11.2 Å². The molecule has 0 radical (unpaired) electrons. The van der Waals surface area contributed by atoms with Crippen molar-refractivity contribution in [2.45, 2.75) is 19.8 Å². The number of halogens is 1. The number of nitrogens with zero attached hydrogens (tertiary/aromatic N) is 2. The molecule has 1 heterocycles. The molecule has 7 heteroatoms. The summed E-state index contributed by atoms with van der Waals surface area (Å²) >= 11 is 0. The van der Waals surface area contributed by atoms with Gasteiger partial charge in [0.25, 0.3) is 0 Å². The summed E-state index contributed by atoms with van der Waals surface area (Å²) in [5.41, 5.74) is 2.04. The van der Waals surface area contributed by atoms with E-state index in [1.165, 1.54) is 12.1 Å².